The summed E-state index contributed by atoms with van der Waals surface area (Å²) in [4.78, 5) is 33.8. The molecule has 9 nitrogen and oxygen atoms in total. The first-order valence-electron chi connectivity index (χ1n) is 9.24. The van der Waals surface area contributed by atoms with Gasteiger partial charge in [0.25, 0.3) is 11.8 Å². The summed E-state index contributed by atoms with van der Waals surface area (Å²) >= 11 is 1.30. The molecule has 158 valence electrons. The number of hydrogen-bond donors (Lipinski definition) is 2. The molecule has 0 saturated carbocycles. The van der Waals surface area contributed by atoms with Crippen LogP contribution in [0.3, 0.4) is 0 Å². The van der Waals surface area contributed by atoms with E-state index in [0.717, 1.165) is 5.56 Å². The molecule has 3 aromatic heterocycles. The summed E-state index contributed by atoms with van der Waals surface area (Å²) in [7, 11) is 3.11. The molecule has 0 aliphatic rings. The molecule has 0 fully saturated rings. The van der Waals surface area contributed by atoms with E-state index < -0.39 is 11.8 Å². The van der Waals surface area contributed by atoms with Crippen molar-refractivity contribution in [3.8, 4) is 22.1 Å². The lowest BCUT2D eigenvalue weighted by Crippen LogP contribution is -2.42. The van der Waals surface area contributed by atoms with Crippen LogP contribution >= 0.6 is 11.3 Å². The smallest absolute Gasteiger partial charge is 0.289 e. The number of aromatic nitrogens is 3. The van der Waals surface area contributed by atoms with Gasteiger partial charge >= 0.3 is 0 Å². The Morgan fingerprint density at radius 3 is 2.55 bits per heavy atom. The molecule has 0 aliphatic heterocycles. The zero-order valence-electron chi connectivity index (χ0n) is 17.0. The lowest BCUT2D eigenvalue weighted by molar-refractivity contribution is 0.0840. The van der Waals surface area contributed by atoms with Gasteiger partial charge in [0, 0.05) is 17.1 Å². The number of amides is 2. The van der Waals surface area contributed by atoms with Crippen molar-refractivity contribution >= 4 is 28.8 Å². The zero-order valence-corrected chi connectivity index (χ0v) is 17.8. The molecule has 3 heterocycles. The van der Waals surface area contributed by atoms with E-state index in [9.17, 15) is 9.59 Å². The van der Waals surface area contributed by atoms with Crippen molar-refractivity contribution in [3.05, 3.63) is 65.1 Å². The molecule has 4 aromatic rings. The number of hydrogen-bond acceptors (Lipinski definition) is 7. The Labute approximate surface area is 181 Å². The van der Waals surface area contributed by atoms with Crippen LogP contribution in [0.15, 0.2) is 48.0 Å². The highest BCUT2D eigenvalue weighted by molar-refractivity contribution is 7.13. The van der Waals surface area contributed by atoms with Crippen molar-refractivity contribution in [2.75, 3.05) is 14.2 Å². The highest BCUT2D eigenvalue weighted by Gasteiger charge is 2.18. The Morgan fingerprint density at radius 1 is 1.00 bits per heavy atom. The number of benzene rings is 1. The number of imidazole rings is 1. The highest BCUT2D eigenvalue weighted by Crippen LogP contribution is 2.33. The third kappa shape index (κ3) is 3.92. The van der Waals surface area contributed by atoms with Crippen molar-refractivity contribution in [2.45, 2.75) is 6.92 Å². The number of fused-ring (bicyclic) bond motifs is 1. The minimum absolute atomic E-state index is 0.185. The van der Waals surface area contributed by atoms with Gasteiger partial charge in [-0.25, -0.2) is 9.97 Å². The Kier molecular flexibility index (Phi) is 5.54. The van der Waals surface area contributed by atoms with Gasteiger partial charge in [0.2, 0.25) is 0 Å². The first-order valence-corrected chi connectivity index (χ1v) is 10.1. The Balaban J connectivity index is 1.47. The van der Waals surface area contributed by atoms with Crippen LogP contribution in [0.25, 0.3) is 16.2 Å². The normalized spacial score (nSPS) is 10.7. The number of aryl methyl sites for hydroxylation is 1. The summed E-state index contributed by atoms with van der Waals surface area (Å²) in [6, 6.07) is 10.8. The van der Waals surface area contributed by atoms with E-state index in [1.54, 1.807) is 61.4 Å². The molecule has 0 aliphatic carbocycles. The Morgan fingerprint density at radius 2 is 1.77 bits per heavy atom. The highest BCUT2D eigenvalue weighted by atomic mass is 32.1. The maximum atomic E-state index is 12.6. The molecule has 31 heavy (non-hydrogen) atoms. The van der Waals surface area contributed by atoms with E-state index in [2.05, 4.69) is 20.8 Å². The molecule has 2 amide bonds. The molecule has 0 atom stereocenters. The number of carbonyl (C=O) groups is 2. The fraction of sp³-hybridized carbons (Fsp3) is 0.143. The van der Waals surface area contributed by atoms with Gasteiger partial charge in [0.15, 0.2) is 11.5 Å². The van der Waals surface area contributed by atoms with E-state index >= 15 is 0 Å². The lowest BCUT2D eigenvalue weighted by atomic mass is 10.2. The monoisotopic (exact) mass is 437 g/mol. The van der Waals surface area contributed by atoms with Crippen LogP contribution in [0.1, 0.15) is 26.7 Å². The van der Waals surface area contributed by atoms with Crippen molar-refractivity contribution in [2.24, 2.45) is 0 Å². The summed E-state index contributed by atoms with van der Waals surface area (Å²) in [5, 5.41) is 2.25. The maximum Gasteiger partial charge on any atom is 0.289 e. The third-order valence-corrected chi connectivity index (χ3v) is 5.47. The van der Waals surface area contributed by atoms with Crippen molar-refractivity contribution in [3.63, 3.8) is 0 Å². The van der Waals surface area contributed by atoms with Gasteiger partial charge < -0.3 is 9.47 Å². The molecule has 0 radical (unpaired) electrons. The minimum Gasteiger partial charge on any atom is -0.493 e. The molecule has 4 rings (SSSR count). The number of rotatable bonds is 5. The predicted molar refractivity (Wildman–Crippen MR) is 116 cm³/mol. The van der Waals surface area contributed by atoms with E-state index in [4.69, 9.17) is 9.47 Å². The van der Waals surface area contributed by atoms with E-state index in [1.807, 2.05) is 12.1 Å². The summed E-state index contributed by atoms with van der Waals surface area (Å²) in [5.74, 6) is 0.172. The van der Waals surface area contributed by atoms with Crippen LogP contribution in [0.4, 0.5) is 0 Å². The number of nitrogens with one attached hydrogen (secondary N) is 2. The van der Waals surface area contributed by atoms with Crippen molar-refractivity contribution in [1.82, 2.24) is 25.2 Å². The van der Waals surface area contributed by atoms with Gasteiger partial charge in [0.1, 0.15) is 22.0 Å². The zero-order chi connectivity index (χ0) is 22.0. The number of carbonyl (C=O) groups excluding carboxylic acids is 2. The van der Waals surface area contributed by atoms with Gasteiger partial charge in [0.05, 0.1) is 19.9 Å². The van der Waals surface area contributed by atoms with Crippen LogP contribution < -0.4 is 20.3 Å². The number of ether oxygens (including phenoxy) is 2. The Bertz CT molecular complexity index is 1280. The molecular weight excluding hydrogens is 418 g/mol. The average Bonchev–Trinajstić information content (AvgIpc) is 3.41. The van der Waals surface area contributed by atoms with E-state index in [0.29, 0.717) is 33.5 Å². The number of nitrogens with zero attached hydrogens (tertiary/aromatic N) is 3. The number of methoxy groups -OCH3 is 2. The van der Waals surface area contributed by atoms with Crippen LogP contribution in [0.2, 0.25) is 0 Å². The molecule has 0 unspecified atom stereocenters. The van der Waals surface area contributed by atoms with Gasteiger partial charge in [-0.2, -0.15) is 0 Å². The van der Waals surface area contributed by atoms with Gasteiger partial charge in [-0.05, 0) is 37.3 Å². The van der Waals surface area contributed by atoms with Crippen molar-refractivity contribution < 1.29 is 19.1 Å². The summed E-state index contributed by atoms with van der Waals surface area (Å²) in [5.41, 5.74) is 7.36. The van der Waals surface area contributed by atoms with Crippen LogP contribution in [0, 0.1) is 6.92 Å². The molecule has 0 saturated heterocycles. The molecule has 0 bridgehead atoms. The second-order valence-electron chi connectivity index (χ2n) is 6.49. The quantitative estimate of drug-likeness (QED) is 0.465. The minimum atomic E-state index is -0.525. The first kappa shape index (κ1) is 20.4. The van der Waals surface area contributed by atoms with Gasteiger partial charge in [-0.3, -0.25) is 24.8 Å². The second kappa shape index (κ2) is 8.44. The molecule has 2 N–H and O–H groups in total. The molecule has 10 heteroatoms. The summed E-state index contributed by atoms with van der Waals surface area (Å²) < 4.78 is 12.2. The fourth-order valence-corrected chi connectivity index (χ4v) is 3.90. The van der Waals surface area contributed by atoms with Crippen LogP contribution in [-0.4, -0.2) is 40.4 Å². The number of thiazole rings is 1. The molecule has 0 spiro atoms. The largest absolute Gasteiger partial charge is 0.493 e. The number of pyridine rings is 1. The third-order valence-electron chi connectivity index (χ3n) is 4.58. The standard InChI is InChI=1S/C21H19N5O4S/c1-12-18(26-9-5-4-6-17(26)22-12)20(28)25-24-19(27)14-11-31-21(23-14)13-7-8-15(29-2)16(10-13)30-3/h4-11H,1-3H3,(H,24,27)(H,25,28). The van der Waals surface area contributed by atoms with Gasteiger partial charge in [-0.15, -0.1) is 11.3 Å². The molecular formula is C21H19N5O4S. The fourth-order valence-electron chi connectivity index (χ4n) is 3.10. The first-order chi connectivity index (χ1) is 15.0. The Hall–Kier alpha value is -3.92. The van der Waals surface area contributed by atoms with E-state index in [-0.39, 0.29) is 5.69 Å². The predicted octanol–water partition coefficient (Wildman–Crippen LogP) is 2.86. The molecule has 1 aromatic carbocycles. The van der Waals surface area contributed by atoms with Crippen LogP contribution in [0.5, 0.6) is 11.5 Å². The summed E-state index contributed by atoms with van der Waals surface area (Å²) in [6.07, 6.45) is 1.74. The lowest BCUT2D eigenvalue weighted by Gasteiger charge is -2.08. The maximum absolute atomic E-state index is 12.6. The van der Waals surface area contributed by atoms with E-state index in [1.165, 1.54) is 11.3 Å². The second-order valence-corrected chi connectivity index (χ2v) is 7.35. The topological polar surface area (TPSA) is 107 Å². The van der Waals surface area contributed by atoms with Gasteiger partial charge in [-0.1, -0.05) is 6.07 Å². The average molecular weight is 437 g/mol. The van der Waals surface area contributed by atoms with Crippen molar-refractivity contribution in [1.29, 1.82) is 0 Å². The van der Waals surface area contributed by atoms with Crippen LogP contribution in [-0.2, 0) is 0 Å². The SMILES string of the molecule is COc1ccc(-c2nc(C(=O)NNC(=O)c3c(C)nc4ccccn34)cs2)cc1OC. The number of hydrazine groups is 1. The summed E-state index contributed by atoms with van der Waals surface area (Å²) in [6.45, 7) is 1.74.